The first-order valence-corrected chi connectivity index (χ1v) is 9.57. The van der Waals surface area contributed by atoms with Gasteiger partial charge in [-0.25, -0.2) is 4.98 Å². The average Bonchev–Trinajstić information content (AvgIpc) is 3.36. The molecule has 0 aliphatic rings. The van der Waals surface area contributed by atoms with E-state index in [2.05, 4.69) is 26.0 Å². The lowest BCUT2D eigenvalue weighted by molar-refractivity contribution is -0.121. The minimum atomic E-state index is -0.484. The van der Waals surface area contributed by atoms with Gasteiger partial charge in [-0.15, -0.1) is 11.3 Å². The Morgan fingerprint density at radius 2 is 1.96 bits per heavy atom. The van der Waals surface area contributed by atoms with Crippen LogP contribution in [0.3, 0.4) is 0 Å². The maximum Gasteiger partial charge on any atom is 0.287 e. The zero-order valence-corrected chi connectivity index (χ0v) is 16.6. The zero-order valence-electron chi connectivity index (χ0n) is 15.8. The van der Waals surface area contributed by atoms with E-state index in [1.807, 2.05) is 43.5 Å². The Morgan fingerprint density at radius 1 is 1.21 bits per heavy atom. The van der Waals surface area contributed by atoms with Gasteiger partial charge in [-0.1, -0.05) is 13.8 Å². The second kappa shape index (κ2) is 8.66. The Bertz CT molecular complexity index is 962. The maximum atomic E-state index is 12.2. The van der Waals surface area contributed by atoms with Gasteiger partial charge in [0.05, 0.1) is 29.9 Å². The number of hydrogen-bond donors (Lipinski definition) is 3. The van der Waals surface area contributed by atoms with Gasteiger partial charge in [-0.3, -0.25) is 25.5 Å². The summed E-state index contributed by atoms with van der Waals surface area (Å²) in [5.41, 5.74) is 7.14. The predicted octanol–water partition coefficient (Wildman–Crippen LogP) is 2.67. The fourth-order valence-electron chi connectivity index (χ4n) is 2.42. The van der Waals surface area contributed by atoms with Crippen molar-refractivity contribution in [3.63, 3.8) is 0 Å². The van der Waals surface area contributed by atoms with Gasteiger partial charge in [-0.05, 0) is 30.3 Å². The molecule has 3 rings (SSSR count). The molecule has 3 aromatic rings. The summed E-state index contributed by atoms with van der Waals surface area (Å²) in [4.78, 5) is 28.6. The van der Waals surface area contributed by atoms with Gasteiger partial charge < -0.3 is 4.74 Å². The molecule has 0 bridgehead atoms. The van der Waals surface area contributed by atoms with E-state index >= 15 is 0 Å². The van der Waals surface area contributed by atoms with Gasteiger partial charge in [0, 0.05) is 16.9 Å². The highest BCUT2D eigenvalue weighted by molar-refractivity contribution is 7.09. The summed E-state index contributed by atoms with van der Waals surface area (Å²) in [6.07, 6.45) is 0.101. The van der Waals surface area contributed by atoms with Crippen LogP contribution >= 0.6 is 11.3 Å². The standard InChI is InChI=1S/C19H21N5O3S/c1-11(2)19-20-13(10-28-19)8-17(25)23-24-18(26)16-9-15(21-22-16)12-4-6-14(27-3)7-5-12/h4-7,9-11H,8H2,1-3H3,(H,21,22)(H,23,25)(H,24,26). The van der Waals surface area contributed by atoms with Crippen molar-refractivity contribution in [2.24, 2.45) is 0 Å². The normalized spacial score (nSPS) is 10.7. The van der Waals surface area contributed by atoms with Crippen molar-refractivity contribution in [1.29, 1.82) is 0 Å². The Balaban J connectivity index is 1.54. The Kier molecular flexibility index (Phi) is 6.05. The van der Waals surface area contributed by atoms with E-state index in [9.17, 15) is 9.59 Å². The van der Waals surface area contributed by atoms with Crippen LogP contribution in [0.15, 0.2) is 35.7 Å². The molecule has 9 heteroatoms. The average molecular weight is 399 g/mol. The molecule has 2 heterocycles. The van der Waals surface area contributed by atoms with Crippen molar-refractivity contribution in [2.75, 3.05) is 7.11 Å². The van der Waals surface area contributed by atoms with E-state index in [1.165, 1.54) is 11.3 Å². The van der Waals surface area contributed by atoms with Crippen molar-refractivity contribution in [3.05, 3.63) is 52.1 Å². The molecule has 2 amide bonds. The highest BCUT2D eigenvalue weighted by Crippen LogP contribution is 2.21. The SMILES string of the molecule is COc1ccc(-c2cc(C(=O)NNC(=O)Cc3csc(C(C)C)n3)[nH]n2)cc1. The molecule has 146 valence electrons. The number of nitrogens with one attached hydrogen (secondary N) is 3. The summed E-state index contributed by atoms with van der Waals surface area (Å²) >= 11 is 1.52. The third-order valence-corrected chi connectivity index (χ3v) is 5.12. The number of aromatic amines is 1. The molecule has 0 aliphatic heterocycles. The summed E-state index contributed by atoms with van der Waals surface area (Å²) in [6.45, 7) is 4.10. The summed E-state index contributed by atoms with van der Waals surface area (Å²) in [5, 5.41) is 9.63. The molecule has 0 fully saturated rings. The number of hydrazine groups is 1. The van der Waals surface area contributed by atoms with Crippen molar-refractivity contribution in [1.82, 2.24) is 26.0 Å². The van der Waals surface area contributed by atoms with Gasteiger partial charge in [0.1, 0.15) is 11.4 Å². The summed E-state index contributed by atoms with van der Waals surface area (Å²) in [6, 6.07) is 8.93. The number of hydrogen-bond acceptors (Lipinski definition) is 6. The number of aromatic nitrogens is 3. The minimum absolute atomic E-state index is 0.101. The predicted molar refractivity (Wildman–Crippen MR) is 106 cm³/mol. The Morgan fingerprint density at radius 3 is 2.61 bits per heavy atom. The topological polar surface area (TPSA) is 109 Å². The van der Waals surface area contributed by atoms with Crippen LogP contribution in [0, 0.1) is 0 Å². The number of benzene rings is 1. The number of carbonyl (C=O) groups is 2. The molecular formula is C19H21N5O3S. The van der Waals surface area contributed by atoms with Crippen LogP contribution in [0.5, 0.6) is 5.75 Å². The number of ether oxygens (including phenoxy) is 1. The fraction of sp³-hybridized carbons (Fsp3) is 0.263. The molecule has 8 nitrogen and oxygen atoms in total. The third-order valence-electron chi connectivity index (χ3n) is 3.93. The van der Waals surface area contributed by atoms with Crippen molar-refractivity contribution in [2.45, 2.75) is 26.2 Å². The van der Waals surface area contributed by atoms with E-state index in [1.54, 1.807) is 13.2 Å². The van der Waals surface area contributed by atoms with Gasteiger partial charge in [0.15, 0.2) is 0 Å². The van der Waals surface area contributed by atoms with Crippen LogP contribution in [-0.2, 0) is 11.2 Å². The molecule has 3 N–H and O–H groups in total. The zero-order chi connectivity index (χ0) is 20.1. The van der Waals surface area contributed by atoms with Crippen LogP contribution in [-0.4, -0.2) is 34.1 Å². The van der Waals surface area contributed by atoms with Crippen LogP contribution in [0.2, 0.25) is 0 Å². The van der Waals surface area contributed by atoms with E-state index in [4.69, 9.17) is 4.74 Å². The second-order valence-electron chi connectivity index (χ2n) is 6.41. The lowest BCUT2D eigenvalue weighted by atomic mass is 10.1. The number of rotatable bonds is 6. The second-order valence-corrected chi connectivity index (χ2v) is 7.30. The number of H-pyrrole nitrogens is 1. The highest BCUT2D eigenvalue weighted by atomic mass is 32.1. The minimum Gasteiger partial charge on any atom is -0.497 e. The molecular weight excluding hydrogens is 378 g/mol. The van der Waals surface area contributed by atoms with Gasteiger partial charge in [-0.2, -0.15) is 5.10 Å². The molecule has 0 spiro atoms. The molecule has 0 saturated carbocycles. The molecule has 28 heavy (non-hydrogen) atoms. The fourth-order valence-corrected chi connectivity index (χ4v) is 3.25. The number of carbonyl (C=O) groups excluding carboxylic acids is 2. The van der Waals surface area contributed by atoms with Crippen LogP contribution in [0.4, 0.5) is 0 Å². The Labute approximate surface area is 166 Å². The van der Waals surface area contributed by atoms with Crippen molar-refractivity contribution < 1.29 is 14.3 Å². The Hall–Kier alpha value is -3.20. The van der Waals surface area contributed by atoms with E-state index in [0.29, 0.717) is 17.3 Å². The van der Waals surface area contributed by atoms with Crippen molar-refractivity contribution in [3.8, 4) is 17.0 Å². The van der Waals surface area contributed by atoms with Crippen LogP contribution < -0.4 is 15.6 Å². The van der Waals surface area contributed by atoms with Crippen LogP contribution in [0.1, 0.15) is 41.0 Å². The smallest absolute Gasteiger partial charge is 0.287 e. The number of methoxy groups -OCH3 is 1. The number of thiazole rings is 1. The molecule has 2 aromatic heterocycles. The quantitative estimate of drug-likeness (QED) is 0.552. The first-order chi connectivity index (χ1) is 13.5. The third kappa shape index (κ3) is 4.74. The molecule has 1 aromatic carbocycles. The largest absolute Gasteiger partial charge is 0.497 e. The number of nitrogens with zero attached hydrogens (tertiary/aromatic N) is 2. The monoisotopic (exact) mass is 399 g/mol. The van der Waals surface area contributed by atoms with Gasteiger partial charge in [0.25, 0.3) is 5.91 Å². The molecule has 0 unspecified atom stereocenters. The van der Waals surface area contributed by atoms with Crippen LogP contribution in [0.25, 0.3) is 11.3 Å². The summed E-state index contributed by atoms with van der Waals surface area (Å²) in [7, 11) is 1.60. The first-order valence-electron chi connectivity index (χ1n) is 8.69. The van der Waals surface area contributed by atoms with Gasteiger partial charge in [0.2, 0.25) is 5.91 Å². The van der Waals surface area contributed by atoms with Gasteiger partial charge >= 0.3 is 0 Å². The van der Waals surface area contributed by atoms with Crippen molar-refractivity contribution >= 4 is 23.2 Å². The van der Waals surface area contributed by atoms with E-state index in [-0.39, 0.29) is 18.0 Å². The van der Waals surface area contributed by atoms with E-state index in [0.717, 1.165) is 16.3 Å². The summed E-state index contributed by atoms with van der Waals surface area (Å²) in [5.74, 6) is 0.230. The molecule has 0 saturated heterocycles. The molecule has 0 atom stereocenters. The lowest BCUT2D eigenvalue weighted by Gasteiger charge is -2.05. The highest BCUT2D eigenvalue weighted by Gasteiger charge is 2.14. The maximum absolute atomic E-state index is 12.2. The molecule has 0 aliphatic carbocycles. The first kappa shape index (κ1) is 19.6. The molecule has 0 radical (unpaired) electrons. The number of amides is 2. The summed E-state index contributed by atoms with van der Waals surface area (Å²) < 4.78 is 5.12. The lowest BCUT2D eigenvalue weighted by Crippen LogP contribution is -2.42. The van der Waals surface area contributed by atoms with E-state index < -0.39 is 5.91 Å².